The van der Waals surface area contributed by atoms with E-state index in [-0.39, 0.29) is 11.1 Å². The molecule has 6 heteroatoms. The molecule has 0 saturated carbocycles. The molecule has 1 aromatic rings. The van der Waals surface area contributed by atoms with Crippen molar-refractivity contribution in [1.29, 1.82) is 0 Å². The molecule has 0 aromatic heterocycles. The van der Waals surface area contributed by atoms with Gasteiger partial charge in [0, 0.05) is 9.05 Å². The molecule has 0 heterocycles. The summed E-state index contributed by atoms with van der Waals surface area (Å²) in [5, 5.41) is 0. The normalized spacial score (nSPS) is 9.29. The number of benzene rings is 1. The summed E-state index contributed by atoms with van der Waals surface area (Å²) in [5.41, 5.74) is -0.189. The van der Waals surface area contributed by atoms with Crippen molar-refractivity contribution < 1.29 is 28.5 Å². The van der Waals surface area contributed by atoms with Gasteiger partial charge in [0.2, 0.25) is 0 Å². The summed E-state index contributed by atoms with van der Waals surface area (Å²) in [7, 11) is 0. The van der Waals surface area contributed by atoms with E-state index in [9.17, 15) is 18.6 Å². The lowest BCUT2D eigenvalue weighted by atomic mass is 10.1. The van der Waals surface area contributed by atoms with Crippen LogP contribution in [0.4, 0.5) is 9.05 Å². The first kappa shape index (κ1) is 10.1. The molecule has 0 fully saturated rings. The standard InChI is InChI=1S/C8H4F2O4/c9-13-7(11)5-1-2-6(4-3-5)8(12)14-10/h1-4H. The van der Waals surface area contributed by atoms with Gasteiger partial charge in [-0.2, -0.15) is 0 Å². The molecule has 0 spiro atoms. The van der Waals surface area contributed by atoms with Crippen molar-refractivity contribution in [3.8, 4) is 0 Å². The first-order chi connectivity index (χ1) is 6.69. The van der Waals surface area contributed by atoms with Crippen molar-refractivity contribution in [3.63, 3.8) is 0 Å². The van der Waals surface area contributed by atoms with Gasteiger partial charge in [-0.15, -0.1) is 0 Å². The van der Waals surface area contributed by atoms with Crippen molar-refractivity contribution >= 4 is 11.9 Å². The Balaban J connectivity index is 2.89. The molecule has 14 heavy (non-hydrogen) atoms. The molecule has 0 aliphatic heterocycles. The lowest BCUT2D eigenvalue weighted by Crippen LogP contribution is -2.02. The Kier molecular flexibility index (Phi) is 3.11. The Morgan fingerprint density at radius 1 is 0.857 bits per heavy atom. The molecule has 0 aliphatic rings. The van der Waals surface area contributed by atoms with E-state index in [2.05, 4.69) is 9.88 Å². The third-order valence-corrected chi connectivity index (χ3v) is 1.50. The molecule has 0 aliphatic carbocycles. The molecule has 0 saturated heterocycles. The van der Waals surface area contributed by atoms with Gasteiger partial charge in [-0.25, -0.2) is 19.5 Å². The Morgan fingerprint density at radius 2 is 1.14 bits per heavy atom. The van der Waals surface area contributed by atoms with E-state index >= 15 is 0 Å². The number of carbonyl (C=O) groups is 2. The second-order valence-corrected chi connectivity index (χ2v) is 2.31. The molecule has 0 atom stereocenters. The molecular formula is C8H4F2O4. The topological polar surface area (TPSA) is 52.6 Å². The number of hydrogen-bond donors (Lipinski definition) is 0. The zero-order chi connectivity index (χ0) is 10.6. The summed E-state index contributed by atoms with van der Waals surface area (Å²) in [6.07, 6.45) is 0. The van der Waals surface area contributed by atoms with Crippen LogP contribution in [0.2, 0.25) is 0 Å². The van der Waals surface area contributed by atoms with Gasteiger partial charge >= 0.3 is 11.9 Å². The van der Waals surface area contributed by atoms with Crippen LogP contribution < -0.4 is 0 Å². The first-order valence-corrected chi connectivity index (χ1v) is 3.45. The lowest BCUT2D eigenvalue weighted by Gasteiger charge is -1.96. The molecule has 0 amide bonds. The average Bonchev–Trinajstić information content (AvgIpc) is 2.27. The fourth-order valence-corrected chi connectivity index (χ4v) is 0.831. The molecule has 74 valence electrons. The fraction of sp³-hybridized carbons (Fsp3) is 0. The van der Waals surface area contributed by atoms with E-state index in [1.165, 1.54) is 0 Å². The highest BCUT2D eigenvalue weighted by Crippen LogP contribution is 2.07. The zero-order valence-corrected chi connectivity index (χ0v) is 6.70. The quantitative estimate of drug-likeness (QED) is 0.733. The molecule has 4 nitrogen and oxygen atoms in total. The third kappa shape index (κ3) is 2.03. The molecule has 0 bridgehead atoms. The van der Waals surface area contributed by atoms with Crippen molar-refractivity contribution in [2.75, 3.05) is 0 Å². The van der Waals surface area contributed by atoms with Crippen LogP contribution >= 0.6 is 0 Å². The van der Waals surface area contributed by atoms with Crippen LogP contribution in [0.1, 0.15) is 20.7 Å². The minimum atomic E-state index is -1.19. The summed E-state index contributed by atoms with van der Waals surface area (Å²) in [5.74, 6) is -2.38. The van der Waals surface area contributed by atoms with Gasteiger partial charge < -0.3 is 0 Å². The molecule has 0 radical (unpaired) electrons. The van der Waals surface area contributed by atoms with Gasteiger partial charge in [-0.3, -0.25) is 0 Å². The number of hydrogen-bond acceptors (Lipinski definition) is 4. The van der Waals surface area contributed by atoms with Crippen molar-refractivity contribution in [1.82, 2.24) is 0 Å². The minimum absolute atomic E-state index is 0.0945. The Morgan fingerprint density at radius 3 is 1.36 bits per heavy atom. The smallest absolute Gasteiger partial charge is 0.249 e. The van der Waals surface area contributed by atoms with E-state index in [1.54, 1.807) is 0 Å². The fourth-order valence-electron chi connectivity index (χ4n) is 0.831. The van der Waals surface area contributed by atoms with Gasteiger partial charge in [0.25, 0.3) is 0 Å². The first-order valence-electron chi connectivity index (χ1n) is 3.45. The second-order valence-electron chi connectivity index (χ2n) is 2.31. The van der Waals surface area contributed by atoms with E-state index in [4.69, 9.17) is 0 Å². The number of halogens is 2. The summed E-state index contributed by atoms with van der Waals surface area (Å²) in [6.45, 7) is 0. The van der Waals surface area contributed by atoms with Gasteiger partial charge in [0.15, 0.2) is 0 Å². The highest BCUT2D eigenvalue weighted by atomic mass is 19.3. The molecule has 0 N–H and O–H groups in total. The second kappa shape index (κ2) is 4.31. The predicted molar refractivity (Wildman–Crippen MR) is 39.5 cm³/mol. The van der Waals surface area contributed by atoms with Gasteiger partial charge in [-0.05, 0) is 24.3 Å². The Labute approximate surface area is 76.8 Å². The van der Waals surface area contributed by atoms with Crippen LogP contribution in [-0.2, 0) is 9.88 Å². The SMILES string of the molecule is O=C(OF)c1ccc(C(=O)OF)cc1. The van der Waals surface area contributed by atoms with Crippen molar-refractivity contribution in [2.45, 2.75) is 0 Å². The highest BCUT2D eigenvalue weighted by Gasteiger charge is 2.11. The average molecular weight is 202 g/mol. The summed E-state index contributed by atoms with van der Waals surface area (Å²) >= 11 is 0. The van der Waals surface area contributed by atoms with E-state index in [0.29, 0.717) is 0 Å². The van der Waals surface area contributed by atoms with Crippen LogP contribution in [0.5, 0.6) is 0 Å². The Bertz CT molecular complexity index is 312. The van der Waals surface area contributed by atoms with Crippen LogP contribution in [0.25, 0.3) is 0 Å². The lowest BCUT2D eigenvalue weighted by molar-refractivity contribution is -0.0793. The summed E-state index contributed by atoms with van der Waals surface area (Å²) in [6, 6.07) is 4.42. The van der Waals surface area contributed by atoms with Gasteiger partial charge in [-0.1, -0.05) is 0 Å². The summed E-state index contributed by atoms with van der Waals surface area (Å²) in [4.78, 5) is 27.0. The minimum Gasteiger partial charge on any atom is -0.249 e. The number of carbonyl (C=O) groups excluding carboxylic acids is 2. The van der Waals surface area contributed by atoms with Gasteiger partial charge in [0.05, 0.1) is 11.1 Å². The molecule has 1 rings (SSSR count). The van der Waals surface area contributed by atoms with E-state index in [1.807, 2.05) is 0 Å². The maximum Gasteiger partial charge on any atom is 0.379 e. The molecular weight excluding hydrogens is 198 g/mol. The Hall–Kier alpha value is -1.98. The van der Waals surface area contributed by atoms with Crippen LogP contribution in [0.15, 0.2) is 24.3 Å². The van der Waals surface area contributed by atoms with E-state index < -0.39 is 11.9 Å². The van der Waals surface area contributed by atoms with Crippen molar-refractivity contribution in [3.05, 3.63) is 35.4 Å². The molecule has 0 unspecified atom stereocenters. The molecule has 1 aromatic carbocycles. The van der Waals surface area contributed by atoms with Gasteiger partial charge in [0.1, 0.15) is 0 Å². The van der Waals surface area contributed by atoms with Crippen LogP contribution in [0.3, 0.4) is 0 Å². The predicted octanol–water partition coefficient (Wildman–Crippen LogP) is 1.77. The van der Waals surface area contributed by atoms with Crippen LogP contribution in [-0.4, -0.2) is 11.9 Å². The largest absolute Gasteiger partial charge is 0.379 e. The van der Waals surface area contributed by atoms with Crippen molar-refractivity contribution in [2.24, 2.45) is 0 Å². The maximum atomic E-state index is 11.4. The summed E-state index contributed by atoms with van der Waals surface area (Å²) < 4.78 is 22.8. The van der Waals surface area contributed by atoms with E-state index in [0.717, 1.165) is 24.3 Å². The third-order valence-electron chi connectivity index (χ3n) is 1.50. The number of rotatable bonds is 2. The van der Waals surface area contributed by atoms with Crippen LogP contribution in [0, 0.1) is 0 Å². The zero-order valence-electron chi connectivity index (χ0n) is 6.70. The monoisotopic (exact) mass is 202 g/mol. The highest BCUT2D eigenvalue weighted by molar-refractivity contribution is 5.92. The maximum absolute atomic E-state index is 11.4.